The Labute approximate surface area is 115 Å². The van der Waals surface area contributed by atoms with Crippen LogP contribution in [0, 0.1) is 0 Å². The van der Waals surface area contributed by atoms with Gasteiger partial charge in [-0.3, -0.25) is 0 Å². The van der Waals surface area contributed by atoms with E-state index in [-0.39, 0.29) is 0 Å². The summed E-state index contributed by atoms with van der Waals surface area (Å²) in [6, 6.07) is 17.0. The van der Waals surface area contributed by atoms with Crippen molar-refractivity contribution in [1.29, 1.82) is 0 Å². The highest BCUT2D eigenvalue weighted by molar-refractivity contribution is 6.07. The van der Waals surface area contributed by atoms with Gasteiger partial charge < -0.3 is 9.47 Å². The fraction of sp³-hybridized carbons (Fsp3) is 0.294. The molecule has 0 unspecified atom stereocenters. The van der Waals surface area contributed by atoms with Crippen LogP contribution in [0.1, 0.15) is 6.92 Å². The van der Waals surface area contributed by atoms with E-state index in [4.69, 9.17) is 0 Å². The van der Waals surface area contributed by atoms with E-state index in [1.165, 1.54) is 21.8 Å². The van der Waals surface area contributed by atoms with E-state index < -0.39 is 0 Å². The molecular formula is C17H22N2. The normalized spacial score (nSPS) is 10.8. The lowest BCUT2D eigenvalue weighted by Crippen LogP contribution is -2.08. The van der Waals surface area contributed by atoms with E-state index >= 15 is 0 Å². The topological polar surface area (TPSA) is 8.17 Å². The van der Waals surface area contributed by atoms with E-state index in [9.17, 15) is 0 Å². The molecule has 3 aromatic rings. The average Bonchev–Trinajstić information content (AvgIpc) is 2.74. The third-order valence-electron chi connectivity index (χ3n) is 3.45. The molecule has 0 fully saturated rings. The highest BCUT2D eigenvalue weighted by Crippen LogP contribution is 2.26. The Morgan fingerprint density at radius 2 is 1.21 bits per heavy atom. The molecule has 2 nitrogen and oxygen atoms in total. The summed E-state index contributed by atoms with van der Waals surface area (Å²) in [7, 11) is 6.23. The molecule has 19 heavy (non-hydrogen) atoms. The molecule has 0 aliphatic heterocycles. The molecule has 0 radical (unpaired) electrons. The van der Waals surface area contributed by atoms with Gasteiger partial charge in [0.15, 0.2) is 0 Å². The molecule has 100 valence electrons. The Hall–Kier alpha value is -1.80. The van der Waals surface area contributed by atoms with Crippen molar-refractivity contribution >= 4 is 21.8 Å². The van der Waals surface area contributed by atoms with Gasteiger partial charge >= 0.3 is 0 Å². The van der Waals surface area contributed by atoms with Gasteiger partial charge in [0.2, 0.25) is 0 Å². The van der Waals surface area contributed by atoms with E-state index in [2.05, 4.69) is 86.1 Å². The monoisotopic (exact) mass is 254 g/mol. The van der Waals surface area contributed by atoms with Crippen LogP contribution in [0.4, 0.5) is 0 Å². The molecule has 1 heterocycles. The standard InChI is InChI=1S/C13H11N.C4H11N/c1-14-12-8-4-2-6-10(12)11-7-3-5-9-13(11)14;1-4-5(2)3/h2-9H,1H3;4H2,1-3H3. The van der Waals surface area contributed by atoms with Crippen LogP contribution < -0.4 is 0 Å². The molecule has 0 spiro atoms. The summed E-state index contributed by atoms with van der Waals surface area (Å²) in [5.74, 6) is 0. The molecule has 0 bridgehead atoms. The van der Waals surface area contributed by atoms with Crippen LogP contribution >= 0.6 is 0 Å². The second-order valence-electron chi connectivity index (χ2n) is 4.99. The molecule has 0 amide bonds. The molecule has 0 saturated heterocycles. The molecule has 1 aromatic heterocycles. The van der Waals surface area contributed by atoms with Crippen molar-refractivity contribution < 1.29 is 0 Å². The van der Waals surface area contributed by atoms with Gasteiger partial charge in [-0.25, -0.2) is 0 Å². The van der Waals surface area contributed by atoms with Gasteiger partial charge in [-0.15, -0.1) is 0 Å². The largest absolute Gasteiger partial charge is 0.344 e. The lowest BCUT2D eigenvalue weighted by molar-refractivity contribution is 0.434. The summed E-state index contributed by atoms with van der Waals surface area (Å²) in [5.41, 5.74) is 2.60. The average molecular weight is 254 g/mol. The lowest BCUT2D eigenvalue weighted by Gasteiger charge is -2.00. The third-order valence-corrected chi connectivity index (χ3v) is 3.45. The number of nitrogens with zero attached hydrogens (tertiary/aromatic N) is 2. The van der Waals surface area contributed by atoms with E-state index in [1.54, 1.807) is 0 Å². The first-order valence-corrected chi connectivity index (χ1v) is 6.72. The molecule has 0 aliphatic carbocycles. The first kappa shape index (κ1) is 13.6. The zero-order valence-corrected chi connectivity index (χ0v) is 12.2. The summed E-state index contributed by atoms with van der Waals surface area (Å²) < 4.78 is 2.24. The fourth-order valence-electron chi connectivity index (χ4n) is 2.12. The van der Waals surface area contributed by atoms with E-state index in [0.717, 1.165) is 6.54 Å². The number of fused-ring (bicyclic) bond motifs is 3. The number of aromatic nitrogens is 1. The number of hydrogen-bond acceptors (Lipinski definition) is 1. The van der Waals surface area contributed by atoms with Gasteiger partial charge in [0, 0.05) is 28.9 Å². The Balaban J connectivity index is 0.000000232. The summed E-state index contributed by atoms with van der Waals surface area (Å²) in [5, 5.41) is 2.68. The summed E-state index contributed by atoms with van der Waals surface area (Å²) in [6.07, 6.45) is 0. The first-order chi connectivity index (χ1) is 9.15. The van der Waals surface area contributed by atoms with Gasteiger partial charge in [-0.2, -0.15) is 0 Å². The highest BCUT2D eigenvalue weighted by atomic mass is 15.0. The molecule has 2 heteroatoms. The SMILES string of the molecule is CCN(C)C.Cn1c2ccccc2c2ccccc21. The smallest absolute Gasteiger partial charge is 0.0488 e. The Morgan fingerprint density at radius 1 is 0.842 bits per heavy atom. The molecular weight excluding hydrogens is 232 g/mol. The summed E-state index contributed by atoms with van der Waals surface area (Å²) in [6.45, 7) is 3.26. The van der Waals surface area contributed by atoms with Crippen LogP contribution in [0.25, 0.3) is 21.8 Å². The van der Waals surface area contributed by atoms with Crippen LogP contribution in [-0.2, 0) is 7.05 Å². The number of benzene rings is 2. The molecule has 3 rings (SSSR count). The maximum atomic E-state index is 2.24. The van der Waals surface area contributed by atoms with Crippen LogP contribution in [0.5, 0.6) is 0 Å². The van der Waals surface area contributed by atoms with Gasteiger partial charge in [0.05, 0.1) is 0 Å². The molecule has 0 aliphatic rings. The Bertz CT molecular complexity index is 612. The highest BCUT2D eigenvalue weighted by Gasteiger charge is 2.04. The van der Waals surface area contributed by atoms with Crippen molar-refractivity contribution in [3.63, 3.8) is 0 Å². The molecule has 2 aromatic carbocycles. The maximum absolute atomic E-state index is 2.24. The van der Waals surface area contributed by atoms with Gasteiger partial charge in [-0.05, 0) is 32.8 Å². The predicted molar refractivity (Wildman–Crippen MR) is 84.7 cm³/mol. The van der Waals surface area contributed by atoms with Crippen molar-refractivity contribution in [1.82, 2.24) is 9.47 Å². The fourth-order valence-corrected chi connectivity index (χ4v) is 2.12. The van der Waals surface area contributed by atoms with Gasteiger partial charge in [-0.1, -0.05) is 43.3 Å². The minimum atomic E-state index is 1.14. The maximum Gasteiger partial charge on any atom is 0.0488 e. The minimum absolute atomic E-state index is 1.14. The van der Waals surface area contributed by atoms with Crippen molar-refractivity contribution in [3.8, 4) is 0 Å². The zero-order chi connectivity index (χ0) is 13.8. The van der Waals surface area contributed by atoms with Crippen LogP contribution in [0.15, 0.2) is 48.5 Å². The van der Waals surface area contributed by atoms with Crippen molar-refractivity contribution in [2.75, 3.05) is 20.6 Å². The Morgan fingerprint density at radius 3 is 1.58 bits per heavy atom. The van der Waals surface area contributed by atoms with Crippen molar-refractivity contribution in [2.24, 2.45) is 7.05 Å². The van der Waals surface area contributed by atoms with Gasteiger partial charge in [0.25, 0.3) is 0 Å². The number of para-hydroxylation sites is 2. The van der Waals surface area contributed by atoms with Crippen molar-refractivity contribution in [3.05, 3.63) is 48.5 Å². The van der Waals surface area contributed by atoms with Crippen LogP contribution in [0.3, 0.4) is 0 Å². The number of hydrogen-bond donors (Lipinski definition) is 0. The van der Waals surface area contributed by atoms with E-state index in [0.29, 0.717) is 0 Å². The second kappa shape index (κ2) is 5.89. The number of aryl methyl sites for hydroxylation is 1. The Kier molecular flexibility index (Phi) is 4.23. The third kappa shape index (κ3) is 2.79. The van der Waals surface area contributed by atoms with E-state index in [1.807, 2.05) is 0 Å². The molecule has 0 atom stereocenters. The summed E-state index contributed by atoms with van der Waals surface area (Å²) in [4.78, 5) is 2.12. The van der Waals surface area contributed by atoms with Crippen molar-refractivity contribution in [2.45, 2.75) is 6.92 Å². The quantitative estimate of drug-likeness (QED) is 0.639. The zero-order valence-electron chi connectivity index (χ0n) is 12.2. The van der Waals surface area contributed by atoms with Crippen LogP contribution in [-0.4, -0.2) is 30.1 Å². The number of rotatable bonds is 1. The van der Waals surface area contributed by atoms with Gasteiger partial charge in [0.1, 0.15) is 0 Å². The van der Waals surface area contributed by atoms with Crippen LogP contribution in [0.2, 0.25) is 0 Å². The summed E-state index contributed by atoms with van der Waals surface area (Å²) >= 11 is 0. The first-order valence-electron chi connectivity index (χ1n) is 6.72. The second-order valence-corrected chi connectivity index (χ2v) is 4.99. The minimum Gasteiger partial charge on any atom is -0.344 e. The molecule has 0 N–H and O–H groups in total. The lowest BCUT2D eigenvalue weighted by atomic mass is 10.2. The molecule has 0 saturated carbocycles. The predicted octanol–water partition coefficient (Wildman–Crippen LogP) is 3.90.